The van der Waals surface area contributed by atoms with Crippen molar-refractivity contribution in [2.45, 2.75) is 12.1 Å². The van der Waals surface area contributed by atoms with Crippen molar-refractivity contribution >= 4 is 11.9 Å². The minimum Gasteiger partial charge on any atom is -0.468 e. The van der Waals surface area contributed by atoms with Crippen LogP contribution in [0.25, 0.3) is 0 Å². The zero-order valence-electron chi connectivity index (χ0n) is 9.51. The summed E-state index contributed by atoms with van der Waals surface area (Å²) >= 11 is 0. The van der Waals surface area contributed by atoms with E-state index in [1.54, 1.807) is 0 Å². The Bertz CT molecular complexity index is 269. The summed E-state index contributed by atoms with van der Waals surface area (Å²) in [5.74, 6) is -0.723. The van der Waals surface area contributed by atoms with Gasteiger partial charge in [-0.15, -0.1) is 0 Å². The first-order chi connectivity index (χ1) is 7.69. The van der Waals surface area contributed by atoms with Crippen LogP contribution in [0.2, 0.25) is 0 Å². The van der Waals surface area contributed by atoms with E-state index in [1.165, 1.54) is 14.2 Å². The Morgan fingerprint density at radius 1 is 0.875 bits per heavy atom. The largest absolute Gasteiger partial charge is 0.468 e. The van der Waals surface area contributed by atoms with Crippen LogP contribution in [0.3, 0.4) is 0 Å². The van der Waals surface area contributed by atoms with Crippen LogP contribution in [0, 0.1) is 0 Å². The molecule has 0 aromatic rings. The lowest BCUT2D eigenvalue weighted by Crippen LogP contribution is -2.71. The molecular weight excluding hydrogens is 212 g/mol. The highest BCUT2D eigenvalue weighted by atomic mass is 16.5. The van der Waals surface area contributed by atoms with Crippen molar-refractivity contribution in [3.05, 3.63) is 0 Å². The summed E-state index contributed by atoms with van der Waals surface area (Å²) in [6.45, 7) is 3.20. The molecule has 3 rings (SSSR count). The number of ether oxygens (including phenoxy) is 2. The smallest absolute Gasteiger partial charge is 0.325 e. The SMILES string of the molecule is COC(=O)C1C(C(=O)OC)N2CCN1CC2. The number of carbonyl (C=O) groups excluding carboxylic acids is 2. The molecule has 0 aliphatic carbocycles. The first kappa shape index (κ1) is 11.3. The monoisotopic (exact) mass is 228 g/mol. The quantitative estimate of drug-likeness (QED) is 0.548. The lowest BCUT2D eigenvalue weighted by atomic mass is 9.97. The predicted molar refractivity (Wildman–Crippen MR) is 54.8 cm³/mol. The average molecular weight is 228 g/mol. The molecule has 3 heterocycles. The summed E-state index contributed by atoms with van der Waals surface area (Å²) in [7, 11) is 2.69. The first-order valence-electron chi connectivity index (χ1n) is 5.32. The second-order valence-electron chi connectivity index (χ2n) is 4.01. The molecule has 6 nitrogen and oxygen atoms in total. The van der Waals surface area contributed by atoms with Gasteiger partial charge >= 0.3 is 11.9 Å². The average Bonchev–Trinajstić information content (AvgIpc) is 2.37. The van der Waals surface area contributed by atoms with Crippen molar-refractivity contribution in [3.63, 3.8) is 0 Å². The van der Waals surface area contributed by atoms with E-state index in [2.05, 4.69) is 0 Å². The summed E-state index contributed by atoms with van der Waals surface area (Å²) in [4.78, 5) is 27.4. The zero-order chi connectivity index (χ0) is 11.7. The highest BCUT2D eigenvalue weighted by Gasteiger charge is 2.49. The number of carbonyl (C=O) groups is 2. The van der Waals surface area contributed by atoms with E-state index in [4.69, 9.17) is 9.47 Å². The topological polar surface area (TPSA) is 59.1 Å². The molecule has 3 aliphatic heterocycles. The molecule has 0 aromatic heterocycles. The van der Waals surface area contributed by atoms with Crippen LogP contribution in [0.1, 0.15) is 0 Å². The molecule has 2 bridgehead atoms. The fourth-order valence-electron chi connectivity index (χ4n) is 2.49. The van der Waals surface area contributed by atoms with E-state index in [0.29, 0.717) is 0 Å². The molecule has 0 aromatic carbocycles. The number of esters is 2. The second kappa shape index (κ2) is 4.39. The van der Waals surface area contributed by atoms with Crippen LogP contribution in [0.4, 0.5) is 0 Å². The number of fused-ring (bicyclic) bond motifs is 3. The Kier molecular flexibility index (Phi) is 3.11. The van der Waals surface area contributed by atoms with Crippen molar-refractivity contribution < 1.29 is 19.1 Å². The van der Waals surface area contributed by atoms with Gasteiger partial charge in [-0.1, -0.05) is 0 Å². The maximum Gasteiger partial charge on any atom is 0.325 e. The van der Waals surface area contributed by atoms with E-state index in [0.717, 1.165) is 26.2 Å². The summed E-state index contributed by atoms with van der Waals surface area (Å²) in [6.07, 6.45) is 0. The van der Waals surface area contributed by atoms with Crippen molar-refractivity contribution in [2.75, 3.05) is 40.4 Å². The summed E-state index contributed by atoms with van der Waals surface area (Å²) in [5, 5.41) is 0. The van der Waals surface area contributed by atoms with Crippen LogP contribution >= 0.6 is 0 Å². The molecule has 0 N–H and O–H groups in total. The molecule has 6 heteroatoms. The van der Waals surface area contributed by atoms with Crippen molar-refractivity contribution in [2.24, 2.45) is 0 Å². The van der Waals surface area contributed by atoms with Gasteiger partial charge in [0.1, 0.15) is 12.1 Å². The Balaban J connectivity index is 2.23. The lowest BCUT2D eigenvalue weighted by molar-refractivity contribution is -0.171. The van der Waals surface area contributed by atoms with Gasteiger partial charge in [0.25, 0.3) is 0 Å². The third kappa shape index (κ3) is 1.68. The van der Waals surface area contributed by atoms with Gasteiger partial charge in [0.15, 0.2) is 0 Å². The fraction of sp³-hybridized carbons (Fsp3) is 0.800. The summed E-state index contributed by atoms with van der Waals surface area (Å²) < 4.78 is 9.50. The van der Waals surface area contributed by atoms with Gasteiger partial charge in [-0.3, -0.25) is 19.4 Å². The minimum absolute atomic E-state index is 0.361. The van der Waals surface area contributed by atoms with Crippen LogP contribution in [-0.2, 0) is 19.1 Å². The number of hydrogen-bond acceptors (Lipinski definition) is 6. The molecule has 16 heavy (non-hydrogen) atoms. The Hall–Kier alpha value is -1.14. The molecule has 3 aliphatic rings. The van der Waals surface area contributed by atoms with E-state index in [9.17, 15) is 9.59 Å². The fourth-order valence-corrected chi connectivity index (χ4v) is 2.49. The van der Waals surface area contributed by atoms with Gasteiger partial charge in [-0.05, 0) is 0 Å². The molecule has 0 amide bonds. The molecule has 2 atom stereocenters. The van der Waals surface area contributed by atoms with E-state index >= 15 is 0 Å². The van der Waals surface area contributed by atoms with Gasteiger partial charge in [0.05, 0.1) is 14.2 Å². The number of rotatable bonds is 2. The maximum atomic E-state index is 11.7. The molecular formula is C10H16N2O4. The van der Waals surface area contributed by atoms with E-state index < -0.39 is 12.1 Å². The molecule has 0 saturated carbocycles. The molecule has 3 saturated heterocycles. The van der Waals surface area contributed by atoms with E-state index in [-0.39, 0.29) is 11.9 Å². The normalized spacial score (nSPS) is 36.9. The van der Waals surface area contributed by atoms with Gasteiger partial charge in [-0.2, -0.15) is 0 Å². The Morgan fingerprint density at radius 3 is 1.44 bits per heavy atom. The molecule has 0 spiro atoms. The molecule has 0 radical (unpaired) electrons. The maximum absolute atomic E-state index is 11.7. The molecule has 2 unspecified atom stereocenters. The van der Waals surface area contributed by atoms with E-state index in [1.807, 2.05) is 9.80 Å². The van der Waals surface area contributed by atoms with Crippen molar-refractivity contribution in [1.29, 1.82) is 0 Å². The second-order valence-corrected chi connectivity index (χ2v) is 4.01. The van der Waals surface area contributed by atoms with Crippen LogP contribution in [0.15, 0.2) is 0 Å². The predicted octanol–water partition coefficient (Wildman–Crippen LogP) is -1.30. The van der Waals surface area contributed by atoms with Crippen LogP contribution in [0.5, 0.6) is 0 Å². The number of methoxy groups -OCH3 is 2. The third-order valence-electron chi connectivity index (χ3n) is 3.32. The van der Waals surface area contributed by atoms with Gasteiger partial charge in [0, 0.05) is 26.2 Å². The molecule has 90 valence electrons. The van der Waals surface area contributed by atoms with Gasteiger partial charge < -0.3 is 9.47 Å². The lowest BCUT2D eigenvalue weighted by Gasteiger charge is -2.50. The minimum atomic E-state index is -0.514. The third-order valence-corrected chi connectivity index (χ3v) is 3.32. The van der Waals surface area contributed by atoms with Crippen LogP contribution in [-0.4, -0.2) is 74.2 Å². The number of piperazine rings is 3. The summed E-state index contributed by atoms with van der Waals surface area (Å²) in [5.41, 5.74) is 0. The standard InChI is InChI=1S/C10H16N2O4/c1-15-9(13)7-8(10(14)16-2)12-5-3-11(7)4-6-12/h7-8H,3-6H2,1-2H3. The van der Waals surface area contributed by atoms with Crippen LogP contribution < -0.4 is 0 Å². The highest BCUT2D eigenvalue weighted by Crippen LogP contribution is 2.24. The van der Waals surface area contributed by atoms with Crippen molar-refractivity contribution in [1.82, 2.24) is 9.80 Å². The summed E-state index contributed by atoms with van der Waals surface area (Å²) in [6, 6.07) is -1.03. The highest BCUT2D eigenvalue weighted by molar-refractivity contribution is 5.87. The van der Waals surface area contributed by atoms with Gasteiger partial charge in [-0.25, -0.2) is 0 Å². The Morgan fingerprint density at radius 2 is 1.19 bits per heavy atom. The number of nitrogens with zero attached hydrogens (tertiary/aromatic N) is 2. The van der Waals surface area contributed by atoms with Crippen molar-refractivity contribution in [3.8, 4) is 0 Å². The Labute approximate surface area is 94.1 Å². The van der Waals surface area contributed by atoms with Gasteiger partial charge in [0.2, 0.25) is 0 Å². The first-order valence-corrected chi connectivity index (χ1v) is 5.32. The zero-order valence-corrected chi connectivity index (χ0v) is 9.51. The number of hydrogen-bond donors (Lipinski definition) is 0. The molecule has 3 fully saturated rings.